The molecule has 1 aliphatic carbocycles. The van der Waals surface area contributed by atoms with Crippen LogP contribution in [0.3, 0.4) is 0 Å². The molecular weight excluding hydrogens is 256 g/mol. The molecule has 21 heavy (non-hydrogen) atoms. The minimum Gasteiger partial charge on any atom is -0.346 e. The number of pyridine rings is 1. The van der Waals surface area contributed by atoms with E-state index >= 15 is 0 Å². The van der Waals surface area contributed by atoms with Gasteiger partial charge < -0.3 is 4.98 Å². The number of fused-ring (bicyclic) bond motifs is 1. The molecule has 1 atom stereocenters. The van der Waals surface area contributed by atoms with E-state index in [4.69, 9.17) is 0 Å². The Morgan fingerprint density at radius 2 is 1.95 bits per heavy atom. The van der Waals surface area contributed by atoms with E-state index in [9.17, 15) is 0 Å². The Kier molecular flexibility index (Phi) is 3.07. The van der Waals surface area contributed by atoms with Gasteiger partial charge in [-0.1, -0.05) is 36.4 Å². The highest BCUT2D eigenvalue weighted by Gasteiger charge is 2.18. The number of nitrogens with one attached hydrogen (secondary N) is 1. The van der Waals surface area contributed by atoms with Gasteiger partial charge >= 0.3 is 0 Å². The monoisotopic (exact) mass is 274 g/mol. The Morgan fingerprint density at radius 1 is 1.05 bits per heavy atom. The Labute approximate surface area is 124 Å². The maximum Gasteiger partial charge on any atom is 0.137 e. The zero-order valence-electron chi connectivity index (χ0n) is 11.9. The second-order valence-corrected chi connectivity index (χ2v) is 5.71. The van der Waals surface area contributed by atoms with E-state index in [2.05, 4.69) is 58.6 Å². The van der Waals surface area contributed by atoms with Crippen molar-refractivity contribution < 1.29 is 0 Å². The average molecular weight is 274 g/mol. The lowest BCUT2D eigenvalue weighted by molar-refractivity contribution is 0.626. The molecule has 0 spiro atoms. The van der Waals surface area contributed by atoms with Crippen molar-refractivity contribution in [1.82, 2.24) is 9.97 Å². The van der Waals surface area contributed by atoms with Gasteiger partial charge in [-0.25, -0.2) is 4.98 Å². The maximum absolute atomic E-state index is 4.38. The predicted octanol–water partition coefficient (Wildman–Crippen LogP) is 4.91. The van der Waals surface area contributed by atoms with Gasteiger partial charge in [-0.3, -0.25) is 0 Å². The standard InChI is InChI=1S/C19H18N2/c1-2-5-14(6-3-1)15-8-10-16(11-9-15)18-13-21-19-17(18)7-4-12-20-19/h1-7,10,12-13,15H,8-9,11H2,(H,20,21). The van der Waals surface area contributed by atoms with E-state index in [-0.39, 0.29) is 0 Å². The average Bonchev–Trinajstić information content (AvgIpc) is 3.00. The molecule has 2 heteroatoms. The molecule has 2 nitrogen and oxygen atoms in total. The number of allylic oxidation sites excluding steroid dienone is 2. The molecule has 1 unspecified atom stereocenters. The van der Waals surface area contributed by atoms with Crippen LogP contribution in [0.5, 0.6) is 0 Å². The van der Waals surface area contributed by atoms with Crippen LogP contribution < -0.4 is 0 Å². The van der Waals surface area contributed by atoms with Crippen LogP contribution in [0, 0.1) is 0 Å². The first-order valence-corrected chi connectivity index (χ1v) is 7.58. The lowest BCUT2D eigenvalue weighted by Crippen LogP contribution is -2.03. The summed E-state index contributed by atoms with van der Waals surface area (Å²) in [5.41, 5.74) is 5.23. The van der Waals surface area contributed by atoms with Crippen LogP contribution in [-0.2, 0) is 0 Å². The van der Waals surface area contributed by atoms with Crippen molar-refractivity contribution in [3.63, 3.8) is 0 Å². The Balaban J connectivity index is 1.62. The molecule has 1 N–H and O–H groups in total. The number of H-pyrrole nitrogens is 1. The van der Waals surface area contributed by atoms with Gasteiger partial charge in [0.2, 0.25) is 0 Å². The van der Waals surface area contributed by atoms with Crippen LogP contribution in [0.2, 0.25) is 0 Å². The third-order valence-electron chi connectivity index (χ3n) is 4.48. The molecule has 0 amide bonds. The lowest BCUT2D eigenvalue weighted by Gasteiger charge is -2.22. The first kappa shape index (κ1) is 12.4. The fraction of sp³-hybridized carbons (Fsp3) is 0.211. The SMILES string of the molecule is C1=C(c2c[nH]c3ncccc23)CCC(c2ccccc2)C1. The smallest absolute Gasteiger partial charge is 0.137 e. The summed E-state index contributed by atoms with van der Waals surface area (Å²) in [6.45, 7) is 0. The maximum atomic E-state index is 4.38. The summed E-state index contributed by atoms with van der Waals surface area (Å²) in [6, 6.07) is 15.0. The second kappa shape index (κ2) is 5.21. The summed E-state index contributed by atoms with van der Waals surface area (Å²) < 4.78 is 0. The molecule has 2 heterocycles. The van der Waals surface area contributed by atoms with Gasteiger partial charge in [-0.2, -0.15) is 0 Å². The molecule has 0 saturated heterocycles. The molecule has 0 aliphatic heterocycles. The highest BCUT2D eigenvalue weighted by molar-refractivity contribution is 5.90. The van der Waals surface area contributed by atoms with E-state index in [1.807, 2.05) is 12.3 Å². The lowest BCUT2D eigenvalue weighted by atomic mass is 9.83. The van der Waals surface area contributed by atoms with Crippen LogP contribution in [-0.4, -0.2) is 9.97 Å². The number of hydrogen-bond acceptors (Lipinski definition) is 1. The molecule has 0 radical (unpaired) electrons. The molecule has 104 valence electrons. The largest absolute Gasteiger partial charge is 0.346 e. The molecule has 1 aliphatic rings. The minimum absolute atomic E-state index is 0.665. The van der Waals surface area contributed by atoms with E-state index < -0.39 is 0 Å². The molecule has 0 saturated carbocycles. The zero-order valence-corrected chi connectivity index (χ0v) is 11.9. The van der Waals surface area contributed by atoms with Crippen LogP contribution in [0.4, 0.5) is 0 Å². The summed E-state index contributed by atoms with van der Waals surface area (Å²) in [7, 11) is 0. The zero-order chi connectivity index (χ0) is 14.1. The molecule has 4 rings (SSSR count). The quantitative estimate of drug-likeness (QED) is 0.706. The normalized spacial score (nSPS) is 18.7. The number of aromatic nitrogens is 2. The minimum atomic E-state index is 0.665. The summed E-state index contributed by atoms with van der Waals surface area (Å²) >= 11 is 0. The van der Waals surface area contributed by atoms with Gasteiger partial charge in [0.05, 0.1) is 0 Å². The van der Waals surface area contributed by atoms with Crippen molar-refractivity contribution in [3.05, 3.63) is 72.1 Å². The van der Waals surface area contributed by atoms with E-state index in [0.29, 0.717) is 5.92 Å². The highest BCUT2D eigenvalue weighted by Crippen LogP contribution is 2.37. The van der Waals surface area contributed by atoms with Crippen LogP contribution in [0.1, 0.15) is 36.3 Å². The Morgan fingerprint density at radius 3 is 2.76 bits per heavy atom. The highest BCUT2D eigenvalue weighted by atomic mass is 14.8. The fourth-order valence-corrected chi connectivity index (χ4v) is 3.33. The van der Waals surface area contributed by atoms with Crippen molar-refractivity contribution >= 4 is 16.6 Å². The summed E-state index contributed by atoms with van der Waals surface area (Å²) in [6.07, 6.45) is 9.85. The fourth-order valence-electron chi connectivity index (χ4n) is 3.33. The summed E-state index contributed by atoms with van der Waals surface area (Å²) in [4.78, 5) is 7.65. The van der Waals surface area contributed by atoms with Crippen LogP contribution >= 0.6 is 0 Å². The van der Waals surface area contributed by atoms with Gasteiger partial charge in [0.25, 0.3) is 0 Å². The number of aromatic amines is 1. The number of rotatable bonds is 2. The van der Waals surface area contributed by atoms with Crippen molar-refractivity contribution in [1.29, 1.82) is 0 Å². The van der Waals surface area contributed by atoms with Crippen LogP contribution in [0.15, 0.2) is 60.9 Å². The topological polar surface area (TPSA) is 28.7 Å². The molecule has 1 aromatic carbocycles. The van der Waals surface area contributed by atoms with Crippen molar-refractivity contribution in [2.45, 2.75) is 25.2 Å². The van der Waals surface area contributed by atoms with Crippen molar-refractivity contribution in [2.24, 2.45) is 0 Å². The Hall–Kier alpha value is -2.35. The van der Waals surface area contributed by atoms with Gasteiger partial charge in [0, 0.05) is 23.3 Å². The summed E-state index contributed by atoms with van der Waals surface area (Å²) in [5, 5.41) is 1.24. The van der Waals surface area contributed by atoms with Crippen molar-refractivity contribution in [2.75, 3.05) is 0 Å². The molecule has 2 aromatic heterocycles. The first-order chi connectivity index (χ1) is 10.4. The van der Waals surface area contributed by atoms with E-state index in [1.54, 1.807) is 0 Å². The third-order valence-corrected chi connectivity index (χ3v) is 4.48. The molecule has 0 bridgehead atoms. The van der Waals surface area contributed by atoms with E-state index in [1.165, 1.54) is 28.5 Å². The number of benzene rings is 1. The molecular formula is C19H18N2. The van der Waals surface area contributed by atoms with Crippen LogP contribution in [0.25, 0.3) is 16.6 Å². The molecule has 3 aromatic rings. The van der Waals surface area contributed by atoms with E-state index in [0.717, 1.165) is 18.5 Å². The third kappa shape index (κ3) is 2.27. The van der Waals surface area contributed by atoms with Gasteiger partial charge in [-0.15, -0.1) is 0 Å². The predicted molar refractivity (Wildman–Crippen MR) is 87.1 cm³/mol. The number of nitrogens with zero attached hydrogens (tertiary/aromatic N) is 1. The molecule has 0 fully saturated rings. The van der Waals surface area contributed by atoms with Gasteiger partial charge in [0.1, 0.15) is 5.65 Å². The number of hydrogen-bond donors (Lipinski definition) is 1. The second-order valence-electron chi connectivity index (χ2n) is 5.71. The Bertz CT molecular complexity index is 783. The van der Waals surface area contributed by atoms with Gasteiger partial charge in [-0.05, 0) is 48.4 Å². The first-order valence-electron chi connectivity index (χ1n) is 7.58. The van der Waals surface area contributed by atoms with Crippen molar-refractivity contribution in [3.8, 4) is 0 Å². The summed E-state index contributed by atoms with van der Waals surface area (Å²) in [5.74, 6) is 0.665. The van der Waals surface area contributed by atoms with Gasteiger partial charge in [0.15, 0.2) is 0 Å².